The van der Waals surface area contributed by atoms with Crippen LogP contribution in [0.25, 0.3) is 0 Å². The molecule has 1 saturated carbocycles. The molecule has 0 aromatic rings. The van der Waals surface area contributed by atoms with E-state index in [1.54, 1.807) is 19.9 Å². The highest BCUT2D eigenvalue weighted by Crippen LogP contribution is 2.59. The van der Waals surface area contributed by atoms with Crippen molar-refractivity contribution < 1.29 is 39.5 Å². The fourth-order valence-corrected chi connectivity index (χ4v) is 6.55. The highest BCUT2D eigenvalue weighted by molar-refractivity contribution is 6.06. The van der Waals surface area contributed by atoms with Crippen LogP contribution >= 0.6 is 0 Å². The molecule has 3 heterocycles. The summed E-state index contributed by atoms with van der Waals surface area (Å²) in [6.07, 6.45) is 2.86. The van der Waals surface area contributed by atoms with Crippen molar-refractivity contribution in [2.75, 3.05) is 6.61 Å². The van der Waals surface area contributed by atoms with Gasteiger partial charge in [-0.15, -0.1) is 0 Å². The quantitative estimate of drug-likeness (QED) is 0.446. The normalized spacial score (nSPS) is 43.9. The van der Waals surface area contributed by atoms with E-state index in [1.807, 2.05) is 6.92 Å². The molecule has 5 aliphatic rings. The number of carbonyl (C=O) groups excluding carboxylic acids is 2. The predicted octanol–water partition coefficient (Wildman–Crippen LogP) is 1.01. The third-order valence-corrected chi connectivity index (χ3v) is 8.20. The van der Waals surface area contributed by atoms with E-state index >= 15 is 0 Å². The number of fused-ring (bicyclic) bond motifs is 2. The zero-order chi connectivity index (χ0) is 24.7. The first-order valence-corrected chi connectivity index (χ1v) is 11.7. The summed E-state index contributed by atoms with van der Waals surface area (Å²) in [5, 5.41) is 43.6. The molecule has 0 aromatic carbocycles. The topological polar surface area (TPSA) is 137 Å². The fraction of sp³-hybridized carbons (Fsp3) is 0.600. The van der Waals surface area contributed by atoms with Crippen LogP contribution in [0.1, 0.15) is 40.5 Å². The molecule has 2 fully saturated rings. The zero-order valence-electron chi connectivity index (χ0n) is 19.7. The van der Waals surface area contributed by atoms with E-state index in [4.69, 9.17) is 9.47 Å². The molecule has 4 N–H and O–H groups in total. The first-order valence-electron chi connectivity index (χ1n) is 11.7. The Bertz CT molecular complexity index is 1090. The largest absolute Gasteiger partial charge is 0.509 e. The van der Waals surface area contributed by atoms with Gasteiger partial charge in [-0.3, -0.25) is 14.5 Å². The third kappa shape index (κ3) is 2.85. The molecule has 0 radical (unpaired) electrons. The summed E-state index contributed by atoms with van der Waals surface area (Å²) in [4.78, 5) is 27.3. The Hall–Kier alpha value is -2.30. The molecule has 0 spiro atoms. The molecular formula is C25H31NO8. The highest BCUT2D eigenvalue weighted by Gasteiger charge is 2.66. The minimum Gasteiger partial charge on any atom is -0.509 e. The van der Waals surface area contributed by atoms with E-state index < -0.39 is 60.0 Å². The molecule has 2 aliphatic carbocycles. The van der Waals surface area contributed by atoms with Gasteiger partial charge in [-0.05, 0) is 45.3 Å². The molecule has 0 unspecified atom stereocenters. The fourth-order valence-electron chi connectivity index (χ4n) is 6.55. The minimum atomic E-state index is -1.75. The third-order valence-electron chi connectivity index (χ3n) is 8.20. The first kappa shape index (κ1) is 23.4. The number of hydrogen-bond donors (Lipinski definition) is 4. The average Bonchev–Trinajstić information content (AvgIpc) is 3.06. The number of allylic oxidation sites excluding steroid dienone is 2. The van der Waals surface area contributed by atoms with Crippen LogP contribution in [0, 0.1) is 11.8 Å². The average molecular weight is 474 g/mol. The number of ketones is 1. The zero-order valence-corrected chi connectivity index (χ0v) is 19.7. The van der Waals surface area contributed by atoms with E-state index in [2.05, 4.69) is 0 Å². The smallest absolute Gasteiger partial charge is 0.258 e. The van der Waals surface area contributed by atoms with Crippen molar-refractivity contribution >= 4 is 11.7 Å². The molecule has 1 amide bonds. The molecule has 0 bridgehead atoms. The van der Waals surface area contributed by atoms with Gasteiger partial charge in [0.1, 0.15) is 16.9 Å². The number of ether oxygens (including phenoxy) is 2. The van der Waals surface area contributed by atoms with Crippen molar-refractivity contribution in [2.24, 2.45) is 11.8 Å². The Morgan fingerprint density at radius 2 is 1.91 bits per heavy atom. The van der Waals surface area contributed by atoms with Crippen LogP contribution in [0.2, 0.25) is 0 Å². The van der Waals surface area contributed by atoms with Crippen LogP contribution in [0.4, 0.5) is 0 Å². The van der Waals surface area contributed by atoms with Gasteiger partial charge in [-0.25, -0.2) is 0 Å². The van der Waals surface area contributed by atoms with Gasteiger partial charge < -0.3 is 29.9 Å². The van der Waals surface area contributed by atoms with Crippen LogP contribution in [0.3, 0.4) is 0 Å². The summed E-state index contributed by atoms with van der Waals surface area (Å²) in [5.41, 5.74) is -2.28. The van der Waals surface area contributed by atoms with Gasteiger partial charge in [-0.1, -0.05) is 12.5 Å². The van der Waals surface area contributed by atoms with Crippen LogP contribution in [-0.4, -0.2) is 79.4 Å². The number of hydrogen-bond acceptors (Lipinski definition) is 8. The second kappa shape index (κ2) is 7.60. The van der Waals surface area contributed by atoms with Crippen LogP contribution in [0.15, 0.2) is 46.4 Å². The number of amides is 1. The number of nitrogens with zero attached hydrogens (tertiary/aromatic N) is 1. The molecule has 8 atom stereocenters. The number of rotatable bonds is 3. The summed E-state index contributed by atoms with van der Waals surface area (Å²) in [7, 11) is 0. The summed E-state index contributed by atoms with van der Waals surface area (Å²) in [6.45, 7) is 6.29. The van der Waals surface area contributed by atoms with Crippen molar-refractivity contribution in [3.63, 3.8) is 0 Å². The lowest BCUT2D eigenvalue weighted by Gasteiger charge is -2.42. The highest BCUT2D eigenvalue weighted by atomic mass is 16.7. The van der Waals surface area contributed by atoms with Crippen molar-refractivity contribution in [1.29, 1.82) is 0 Å². The van der Waals surface area contributed by atoms with Crippen LogP contribution in [-0.2, 0) is 19.1 Å². The summed E-state index contributed by atoms with van der Waals surface area (Å²) in [5.74, 6) is -2.21. The summed E-state index contributed by atoms with van der Waals surface area (Å²) in [6, 6.07) is 0. The lowest BCUT2D eigenvalue weighted by molar-refractivity contribution is -0.233. The van der Waals surface area contributed by atoms with E-state index in [-0.39, 0.29) is 22.9 Å². The van der Waals surface area contributed by atoms with Crippen LogP contribution < -0.4 is 0 Å². The lowest BCUT2D eigenvalue weighted by Crippen LogP contribution is -2.55. The second-order valence-electron chi connectivity index (χ2n) is 10.2. The minimum absolute atomic E-state index is 0.0295. The lowest BCUT2D eigenvalue weighted by atomic mass is 9.76. The Morgan fingerprint density at radius 3 is 2.56 bits per heavy atom. The monoisotopic (exact) mass is 473 g/mol. The van der Waals surface area contributed by atoms with E-state index in [0.717, 1.165) is 4.90 Å². The number of aliphatic hydroxyl groups excluding tert-OH is 3. The van der Waals surface area contributed by atoms with Crippen molar-refractivity contribution in [2.45, 2.75) is 76.3 Å². The Morgan fingerprint density at radius 1 is 1.21 bits per heavy atom. The maximum atomic E-state index is 13.3. The predicted molar refractivity (Wildman–Crippen MR) is 119 cm³/mol. The molecule has 9 nitrogen and oxygen atoms in total. The van der Waals surface area contributed by atoms with Gasteiger partial charge in [0.15, 0.2) is 12.1 Å². The number of aliphatic hydroxyl groups is 4. The van der Waals surface area contributed by atoms with Gasteiger partial charge in [0.2, 0.25) is 0 Å². The molecule has 5 rings (SSSR count). The molecule has 184 valence electrons. The van der Waals surface area contributed by atoms with Crippen molar-refractivity contribution in [1.82, 2.24) is 4.90 Å². The second-order valence-corrected chi connectivity index (χ2v) is 10.2. The summed E-state index contributed by atoms with van der Waals surface area (Å²) < 4.78 is 12.1. The van der Waals surface area contributed by atoms with Gasteiger partial charge in [0.05, 0.1) is 36.2 Å². The van der Waals surface area contributed by atoms with E-state index in [0.29, 0.717) is 24.0 Å². The van der Waals surface area contributed by atoms with Gasteiger partial charge in [0.25, 0.3) is 5.91 Å². The number of carbonyl (C=O) groups is 2. The standard InChI is InChI=1S/C25H31NO8/c1-11-9-24(10-27)22(30)13(3)23(31)26(24)18-8-15(28)7-16-21(12(2)20(11)25(16,18)32)34-19-6-5-17(29)14(4)33-19/h7-9,12,14,17,19-21,27,29-30,32H,5-6,10H2,1-4H3/t12-,14+,17+,19-,20-,21+,24-,25+/m1/s1. The Labute approximate surface area is 197 Å². The maximum Gasteiger partial charge on any atom is 0.258 e. The molecule has 3 aliphatic heterocycles. The SMILES string of the molecule is CC1=C[C@@]2(CO)C(O)=C(C)C(=O)N2C2=CC(=O)C=C3[C@@H](O[C@@H]4CC[C@H](O)[C@H](C)O4)[C@H](C)[C@@H]1[C@]32O. The van der Waals surface area contributed by atoms with Gasteiger partial charge in [0, 0.05) is 24.0 Å². The molecular weight excluding hydrogens is 442 g/mol. The molecule has 9 heteroatoms. The molecule has 1 saturated heterocycles. The Kier molecular flexibility index (Phi) is 5.24. The van der Waals surface area contributed by atoms with E-state index in [9.17, 15) is 30.0 Å². The summed E-state index contributed by atoms with van der Waals surface area (Å²) >= 11 is 0. The maximum absolute atomic E-state index is 13.3. The van der Waals surface area contributed by atoms with Crippen molar-refractivity contribution in [3.05, 3.63) is 46.4 Å². The van der Waals surface area contributed by atoms with E-state index in [1.165, 1.54) is 19.1 Å². The Balaban J connectivity index is 1.63. The van der Waals surface area contributed by atoms with Gasteiger partial charge in [-0.2, -0.15) is 0 Å². The van der Waals surface area contributed by atoms with Gasteiger partial charge >= 0.3 is 0 Å². The van der Waals surface area contributed by atoms with Crippen LogP contribution in [0.5, 0.6) is 0 Å². The van der Waals surface area contributed by atoms with Crippen molar-refractivity contribution in [3.8, 4) is 0 Å². The molecule has 0 aromatic heterocycles. The molecule has 34 heavy (non-hydrogen) atoms. The first-order chi connectivity index (χ1) is 16.0.